The smallest absolute Gasteiger partial charge is 0.122 e. The lowest BCUT2D eigenvalue weighted by molar-refractivity contribution is 0.411. The van der Waals surface area contributed by atoms with Crippen LogP contribution in [0.15, 0.2) is 18.3 Å². The summed E-state index contributed by atoms with van der Waals surface area (Å²) in [5, 5.41) is 8.05. The minimum atomic E-state index is 0.917. The standard InChI is InChI=1S/C14H19N3O/c1-10-11(2)14(18-4)8-6-12(10)5-7-13-9-17(3)16-15-13/h6,8-9H,5,7H2,1-4H3. The maximum Gasteiger partial charge on any atom is 0.122 e. The SMILES string of the molecule is COc1ccc(CCc2cn(C)nn2)c(C)c1C. The second kappa shape index (κ2) is 5.21. The van der Waals surface area contributed by atoms with Crippen LogP contribution in [0.2, 0.25) is 0 Å². The summed E-state index contributed by atoms with van der Waals surface area (Å²) in [6.07, 6.45) is 3.86. The molecule has 0 spiro atoms. The molecule has 0 bridgehead atoms. The van der Waals surface area contributed by atoms with E-state index in [2.05, 4.69) is 30.2 Å². The Hall–Kier alpha value is -1.84. The zero-order chi connectivity index (χ0) is 13.1. The van der Waals surface area contributed by atoms with Crippen molar-refractivity contribution in [3.63, 3.8) is 0 Å². The molecule has 4 heteroatoms. The van der Waals surface area contributed by atoms with Crippen molar-refractivity contribution in [3.8, 4) is 5.75 Å². The molecule has 2 rings (SSSR count). The fourth-order valence-electron chi connectivity index (χ4n) is 2.12. The van der Waals surface area contributed by atoms with Gasteiger partial charge in [0.1, 0.15) is 5.75 Å². The molecule has 0 saturated heterocycles. The fraction of sp³-hybridized carbons (Fsp3) is 0.429. The third kappa shape index (κ3) is 2.53. The van der Waals surface area contributed by atoms with E-state index in [0.717, 1.165) is 24.3 Å². The number of rotatable bonds is 4. The number of aromatic nitrogens is 3. The van der Waals surface area contributed by atoms with Crippen LogP contribution in [0.3, 0.4) is 0 Å². The molecule has 0 radical (unpaired) electrons. The summed E-state index contributed by atoms with van der Waals surface area (Å²) < 4.78 is 7.06. The van der Waals surface area contributed by atoms with Crippen molar-refractivity contribution < 1.29 is 4.74 Å². The van der Waals surface area contributed by atoms with Gasteiger partial charge in [0.25, 0.3) is 0 Å². The Labute approximate surface area is 108 Å². The predicted octanol–water partition coefficient (Wildman–Crippen LogP) is 2.23. The lowest BCUT2D eigenvalue weighted by atomic mass is 9.98. The lowest BCUT2D eigenvalue weighted by Gasteiger charge is -2.12. The average Bonchev–Trinajstić information content (AvgIpc) is 2.77. The van der Waals surface area contributed by atoms with Crippen molar-refractivity contribution in [1.82, 2.24) is 15.0 Å². The van der Waals surface area contributed by atoms with Crippen LogP contribution in [0.1, 0.15) is 22.4 Å². The zero-order valence-electron chi connectivity index (χ0n) is 11.4. The quantitative estimate of drug-likeness (QED) is 0.829. The maximum absolute atomic E-state index is 5.32. The van der Waals surface area contributed by atoms with Gasteiger partial charge in [-0.2, -0.15) is 0 Å². The molecule has 0 amide bonds. The Bertz CT molecular complexity index is 546. The Balaban J connectivity index is 2.12. The molecule has 0 aliphatic rings. The number of aryl methyl sites for hydroxylation is 3. The summed E-state index contributed by atoms with van der Waals surface area (Å²) in [7, 11) is 3.60. The van der Waals surface area contributed by atoms with E-state index in [1.54, 1.807) is 11.8 Å². The molecule has 0 aliphatic carbocycles. The molecule has 1 heterocycles. The molecule has 0 fully saturated rings. The van der Waals surface area contributed by atoms with Crippen LogP contribution in [0.4, 0.5) is 0 Å². The minimum Gasteiger partial charge on any atom is -0.496 e. The van der Waals surface area contributed by atoms with Gasteiger partial charge in [-0.15, -0.1) is 5.10 Å². The van der Waals surface area contributed by atoms with Crippen molar-refractivity contribution >= 4 is 0 Å². The summed E-state index contributed by atoms with van der Waals surface area (Å²) in [6.45, 7) is 4.24. The molecule has 0 unspecified atom stereocenters. The van der Waals surface area contributed by atoms with Crippen LogP contribution < -0.4 is 4.74 Å². The number of methoxy groups -OCH3 is 1. The van der Waals surface area contributed by atoms with E-state index in [4.69, 9.17) is 4.74 Å². The lowest BCUT2D eigenvalue weighted by Crippen LogP contribution is -1.98. The van der Waals surface area contributed by atoms with Crippen molar-refractivity contribution in [2.45, 2.75) is 26.7 Å². The van der Waals surface area contributed by atoms with Gasteiger partial charge in [-0.3, -0.25) is 4.68 Å². The number of nitrogens with zero attached hydrogens (tertiary/aromatic N) is 3. The topological polar surface area (TPSA) is 39.9 Å². The van der Waals surface area contributed by atoms with E-state index in [-0.39, 0.29) is 0 Å². The van der Waals surface area contributed by atoms with Crippen LogP contribution in [0.25, 0.3) is 0 Å². The highest BCUT2D eigenvalue weighted by Gasteiger charge is 2.07. The normalized spacial score (nSPS) is 10.7. The first-order valence-electron chi connectivity index (χ1n) is 6.10. The van der Waals surface area contributed by atoms with Gasteiger partial charge in [0, 0.05) is 13.2 Å². The first-order chi connectivity index (χ1) is 8.61. The highest BCUT2D eigenvalue weighted by atomic mass is 16.5. The van der Waals surface area contributed by atoms with Gasteiger partial charge >= 0.3 is 0 Å². The van der Waals surface area contributed by atoms with Crippen molar-refractivity contribution in [1.29, 1.82) is 0 Å². The molecule has 0 aliphatic heterocycles. The van der Waals surface area contributed by atoms with E-state index in [1.165, 1.54) is 16.7 Å². The molecule has 0 N–H and O–H groups in total. The Morgan fingerprint density at radius 3 is 2.56 bits per heavy atom. The van der Waals surface area contributed by atoms with E-state index in [1.807, 2.05) is 19.3 Å². The number of benzene rings is 1. The first-order valence-corrected chi connectivity index (χ1v) is 6.10. The monoisotopic (exact) mass is 245 g/mol. The second-order valence-electron chi connectivity index (χ2n) is 4.56. The van der Waals surface area contributed by atoms with Gasteiger partial charge in [0.2, 0.25) is 0 Å². The van der Waals surface area contributed by atoms with Gasteiger partial charge in [0.15, 0.2) is 0 Å². The average molecular weight is 245 g/mol. The summed E-state index contributed by atoms with van der Waals surface area (Å²) in [5.41, 5.74) is 4.90. The van der Waals surface area contributed by atoms with Crippen LogP contribution in [0.5, 0.6) is 5.75 Å². The Morgan fingerprint density at radius 1 is 1.17 bits per heavy atom. The molecular weight excluding hydrogens is 226 g/mol. The largest absolute Gasteiger partial charge is 0.496 e. The highest BCUT2D eigenvalue weighted by Crippen LogP contribution is 2.24. The fourth-order valence-corrected chi connectivity index (χ4v) is 2.12. The van der Waals surface area contributed by atoms with Gasteiger partial charge in [-0.25, -0.2) is 0 Å². The zero-order valence-corrected chi connectivity index (χ0v) is 11.4. The van der Waals surface area contributed by atoms with Crippen LogP contribution in [-0.2, 0) is 19.9 Å². The van der Waals surface area contributed by atoms with Crippen LogP contribution in [0, 0.1) is 13.8 Å². The van der Waals surface area contributed by atoms with Gasteiger partial charge in [-0.05, 0) is 49.4 Å². The minimum absolute atomic E-state index is 0.917. The number of hydrogen-bond acceptors (Lipinski definition) is 3. The molecular formula is C14H19N3O. The third-order valence-corrected chi connectivity index (χ3v) is 3.37. The molecule has 18 heavy (non-hydrogen) atoms. The highest BCUT2D eigenvalue weighted by molar-refractivity contribution is 5.43. The van der Waals surface area contributed by atoms with E-state index >= 15 is 0 Å². The predicted molar refractivity (Wildman–Crippen MR) is 70.9 cm³/mol. The van der Waals surface area contributed by atoms with E-state index in [0.29, 0.717) is 0 Å². The van der Waals surface area contributed by atoms with Crippen LogP contribution in [-0.4, -0.2) is 22.1 Å². The third-order valence-electron chi connectivity index (χ3n) is 3.37. The molecule has 2 aromatic rings. The molecule has 96 valence electrons. The second-order valence-corrected chi connectivity index (χ2v) is 4.56. The van der Waals surface area contributed by atoms with Crippen molar-refractivity contribution in [2.75, 3.05) is 7.11 Å². The number of ether oxygens (including phenoxy) is 1. The summed E-state index contributed by atoms with van der Waals surface area (Å²) in [5.74, 6) is 0.954. The van der Waals surface area contributed by atoms with E-state index < -0.39 is 0 Å². The summed E-state index contributed by atoms with van der Waals surface area (Å²) >= 11 is 0. The van der Waals surface area contributed by atoms with Gasteiger partial charge < -0.3 is 4.74 Å². The van der Waals surface area contributed by atoms with Crippen molar-refractivity contribution in [3.05, 3.63) is 40.7 Å². The molecule has 0 saturated carbocycles. The summed E-state index contributed by atoms with van der Waals surface area (Å²) in [6, 6.07) is 4.17. The first kappa shape index (κ1) is 12.6. The van der Waals surface area contributed by atoms with E-state index in [9.17, 15) is 0 Å². The molecule has 0 atom stereocenters. The molecule has 1 aromatic heterocycles. The maximum atomic E-state index is 5.32. The Kier molecular flexibility index (Phi) is 3.65. The van der Waals surface area contributed by atoms with Gasteiger partial charge in [-0.1, -0.05) is 11.3 Å². The molecule has 4 nitrogen and oxygen atoms in total. The summed E-state index contributed by atoms with van der Waals surface area (Å²) in [4.78, 5) is 0. The number of hydrogen-bond donors (Lipinski definition) is 0. The van der Waals surface area contributed by atoms with Gasteiger partial charge in [0.05, 0.1) is 12.8 Å². The Morgan fingerprint density at radius 2 is 1.94 bits per heavy atom. The van der Waals surface area contributed by atoms with Crippen molar-refractivity contribution in [2.24, 2.45) is 7.05 Å². The van der Waals surface area contributed by atoms with Crippen LogP contribution >= 0.6 is 0 Å². The molecule has 1 aromatic carbocycles.